The van der Waals surface area contributed by atoms with Gasteiger partial charge in [0.05, 0.1) is 29.7 Å². The van der Waals surface area contributed by atoms with Gasteiger partial charge in [0.1, 0.15) is 0 Å². The molecule has 0 spiro atoms. The molecule has 0 saturated heterocycles. The number of nitrogen functional groups attached to an aromatic ring is 1. The van der Waals surface area contributed by atoms with Gasteiger partial charge in [0.2, 0.25) is 10.0 Å². The first kappa shape index (κ1) is 16.3. The number of ether oxygens (including phenoxy) is 1. The Labute approximate surface area is 117 Å². The third kappa shape index (κ3) is 5.06. The fourth-order valence-electron chi connectivity index (χ4n) is 1.44. The molecule has 1 aromatic rings. The van der Waals surface area contributed by atoms with Crippen LogP contribution in [-0.4, -0.2) is 38.0 Å². The zero-order chi connectivity index (χ0) is 15.3. The summed E-state index contributed by atoms with van der Waals surface area (Å²) in [4.78, 5) is 11.0. The van der Waals surface area contributed by atoms with Crippen molar-refractivity contribution in [2.75, 3.05) is 22.8 Å². The molecular weight excluding hydrogens is 284 g/mol. The van der Waals surface area contributed by atoms with Gasteiger partial charge in [0, 0.05) is 5.69 Å². The second-order valence-electron chi connectivity index (χ2n) is 4.45. The van der Waals surface area contributed by atoms with Crippen molar-refractivity contribution in [1.82, 2.24) is 0 Å². The van der Waals surface area contributed by atoms with Crippen molar-refractivity contribution in [2.45, 2.75) is 20.0 Å². The molecule has 1 rings (SSSR count). The van der Waals surface area contributed by atoms with Crippen molar-refractivity contribution in [3.05, 3.63) is 23.8 Å². The highest BCUT2D eigenvalue weighted by Gasteiger charge is 2.16. The molecular formula is C12H18N2O5S. The van der Waals surface area contributed by atoms with E-state index >= 15 is 0 Å². The summed E-state index contributed by atoms with van der Waals surface area (Å²) in [6.07, 6.45) is -0.0729. The van der Waals surface area contributed by atoms with Gasteiger partial charge in [-0.05, 0) is 32.0 Å². The van der Waals surface area contributed by atoms with E-state index in [4.69, 9.17) is 15.6 Å². The Morgan fingerprint density at radius 1 is 1.45 bits per heavy atom. The van der Waals surface area contributed by atoms with Crippen LogP contribution in [0.5, 0.6) is 0 Å². The minimum absolute atomic E-state index is 0.0174. The molecule has 0 aliphatic carbocycles. The summed E-state index contributed by atoms with van der Waals surface area (Å²) >= 11 is 0. The van der Waals surface area contributed by atoms with Gasteiger partial charge in [0.15, 0.2) is 0 Å². The van der Waals surface area contributed by atoms with Crippen molar-refractivity contribution in [1.29, 1.82) is 0 Å². The maximum absolute atomic E-state index is 11.8. The summed E-state index contributed by atoms with van der Waals surface area (Å²) in [6, 6.07) is 3.94. The normalized spacial score (nSPS) is 11.6. The number of aromatic carboxylic acids is 1. The van der Waals surface area contributed by atoms with Gasteiger partial charge in [0.25, 0.3) is 0 Å². The SMILES string of the molecule is CC(C)OCCS(=O)(=O)Nc1ccc(N)cc1C(=O)O. The molecule has 112 valence electrons. The lowest BCUT2D eigenvalue weighted by molar-refractivity contribution is 0.0698. The smallest absolute Gasteiger partial charge is 0.337 e. The molecule has 0 bridgehead atoms. The highest BCUT2D eigenvalue weighted by atomic mass is 32.2. The van der Waals surface area contributed by atoms with Crippen molar-refractivity contribution in [3.63, 3.8) is 0 Å². The molecule has 7 nitrogen and oxygen atoms in total. The summed E-state index contributed by atoms with van der Waals surface area (Å²) in [5.41, 5.74) is 5.51. The fraction of sp³-hybridized carbons (Fsp3) is 0.417. The van der Waals surface area contributed by atoms with E-state index in [9.17, 15) is 13.2 Å². The molecule has 1 aromatic carbocycles. The van der Waals surface area contributed by atoms with Crippen LogP contribution in [0.2, 0.25) is 0 Å². The topological polar surface area (TPSA) is 119 Å². The van der Waals surface area contributed by atoms with Gasteiger partial charge in [-0.2, -0.15) is 0 Å². The van der Waals surface area contributed by atoms with Crippen molar-refractivity contribution >= 4 is 27.4 Å². The summed E-state index contributed by atoms with van der Waals surface area (Å²) in [7, 11) is -3.68. The summed E-state index contributed by atoms with van der Waals surface area (Å²) < 4.78 is 31.0. The van der Waals surface area contributed by atoms with Crippen molar-refractivity contribution < 1.29 is 23.1 Å². The van der Waals surface area contributed by atoms with Gasteiger partial charge >= 0.3 is 5.97 Å². The Hall–Kier alpha value is -1.80. The number of anilines is 2. The standard InChI is InChI=1S/C12H18N2O5S/c1-8(2)19-5-6-20(17,18)14-11-4-3-9(13)7-10(11)12(15)16/h3-4,7-8,14H,5-6,13H2,1-2H3,(H,15,16). The molecule has 0 amide bonds. The lowest BCUT2D eigenvalue weighted by Gasteiger charge is -2.12. The lowest BCUT2D eigenvalue weighted by atomic mass is 10.1. The Kier molecular flexibility index (Phi) is 5.34. The van der Waals surface area contributed by atoms with Gasteiger partial charge in [-0.1, -0.05) is 0 Å². The summed E-state index contributed by atoms with van der Waals surface area (Å²) in [5.74, 6) is -1.51. The lowest BCUT2D eigenvalue weighted by Crippen LogP contribution is -2.22. The fourth-order valence-corrected chi connectivity index (χ4v) is 2.37. The molecule has 0 fully saturated rings. The molecule has 8 heteroatoms. The average Bonchev–Trinajstić information content (AvgIpc) is 2.30. The van der Waals surface area contributed by atoms with Crippen LogP contribution < -0.4 is 10.5 Å². The van der Waals surface area contributed by atoms with E-state index in [-0.39, 0.29) is 35.4 Å². The number of nitrogens with two attached hydrogens (primary N) is 1. The third-order valence-corrected chi connectivity index (χ3v) is 3.58. The van der Waals surface area contributed by atoms with Crippen LogP contribution >= 0.6 is 0 Å². The summed E-state index contributed by atoms with van der Waals surface area (Å²) in [6.45, 7) is 3.62. The van der Waals surface area contributed by atoms with Crippen LogP contribution in [0.3, 0.4) is 0 Å². The molecule has 0 aliphatic rings. The number of rotatable bonds is 7. The maximum atomic E-state index is 11.8. The molecule has 0 saturated carbocycles. The molecule has 0 aromatic heterocycles. The number of benzene rings is 1. The number of carboxylic acids is 1. The van der Waals surface area contributed by atoms with Crippen molar-refractivity contribution in [2.24, 2.45) is 0 Å². The predicted molar refractivity (Wildman–Crippen MR) is 76.3 cm³/mol. The van der Waals surface area contributed by atoms with Gasteiger partial charge in [-0.3, -0.25) is 4.72 Å². The monoisotopic (exact) mass is 302 g/mol. The van der Waals surface area contributed by atoms with E-state index in [1.807, 2.05) is 0 Å². The second kappa shape index (κ2) is 6.58. The van der Waals surface area contributed by atoms with Crippen LogP contribution in [0.4, 0.5) is 11.4 Å². The van der Waals surface area contributed by atoms with E-state index in [1.54, 1.807) is 13.8 Å². The van der Waals surface area contributed by atoms with E-state index in [2.05, 4.69) is 4.72 Å². The molecule has 0 unspecified atom stereocenters. The molecule has 0 aliphatic heterocycles. The van der Waals surface area contributed by atoms with Gasteiger partial charge < -0.3 is 15.6 Å². The second-order valence-corrected chi connectivity index (χ2v) is 6.29. The first-order valence-corrected chi connectivity index (χ1v) is 7.61. The van der Waals surface area contributed by atoms with Crippen LogP contribution in [0.15, 0.2) is 18.2 Å². The zero-order valence-corrected chi connectivity index (χ0v) is 12.1. The van der Waals surface area contributed by atoms with E-state index in [1.165, 1.54) is 18.2 Å². The zero-order valence-electron chi connectivity index (χ0n) is 11.3. The largest absolute Gasteiger partial charge is 0.478 e. The minimum atomic E-state index is -3.68. The predicted octanol–water partition coefficient (Wildman–Crippen LogP) is 1.13. The summed E-state index contributed by atoms with van der Waals surface area (Å²) in [5, 5.41) is 9.02. The Bertz CT molecular complexity index is 584. The number of nitrogens with one attached hydrogen (secondary N) is 1. The highest BCUT2D eigenvalue weighted by molar-refractivity contribution is 7.92. The van der Waals surface area contributed by atoms with Gasteiger partial charge in [-0.15, -0.1) is 0 Å². The van der Waals surface area contributed by atoms with Crippen molar-refractivity contribution in [3.8, 4) is 0 Å². The van der Waals surface area contributed by atoms with Crippen LogP contribution in [0, 0.1) is 0 Å². The quantitative estimate of drug-likeness (QED) is 0.650. The van der Waals surface area contributed by atoms with Crippen LogP contribution in [0.1, 0.15) is 24.2 Å². The van der Waals surface area contributed by atoms with E-state index in [0.29, 0.717) is 0 Å². The van der Waals surface area contributed by atoms with E-state index < -0.39 is 16.0 Å². The number of hydrogen-bond donors (Lipinski definition) is 3. The number of carboxylic acid groups (broad SMARTS) is 1. The molecule has 0 atom stereocenters. The Balaban J connectivity index is 2.84. The number of hydrogen-bond acceptors (Lipinski definition) is 5. The highest BCUT2D eigenvalue weighted by Crippen LogP contribution is 2.20. The van der Waals surface area contributed by atoms with Crippen LogP contribution in [0.25, 0.3) is 0 Å². The number of carbonyl (C=O) groups is 1. The molecule has 4 N–H and O–H groups in total. The Morgan fingerprint density at radius 3 is 2.65 bits per heavy atom. The van der Waals surface area contributed by atoms with Gasteiger partial charge in [-0.25, -0.2) is 13.2 Å². The van der Waals surface area contributed by atoms with Crippen LogP contribution in [-0.2, 0) is 14.8 Å². The first-order chi connectivity index (χ1) is 9.21. The third-order valence-electron chi connectivity index (χ3n) is 2.34. The van der Waals surface area contributed by atoms with E-state index in [0.717, 1.165) is 0 Å². The molecule has 0 radical (unpaired) electrons. The molecule has 20 heavy (non-hydrogen) atoms. The molecule has 0 heterocycles. The Morgan fingerprint density at radius 2 is 2.10 bits per heavy atom. The maximum Gasteiger partial charge on any atom is 0.337 e. The minimum Gasteiger partial charge on any atom is -0.478 e. The average molecular weight is 302 g/mol. The first-order valence-electron chi connectivity index (χ1n) is 5.96. The number of sulfonamides is 1.